The van der Waals surface area contributed by atoms with Crippen LogP contribution in [-0.4, -0.2) is 27.8 Å². The van der Waals surface area contributed by atoms with Crippen molar-refractivity contribution in [1.29, 1.82) is 5.26 Å². The lowest BCUT2D eigenvalue weighted by molar-refractivity contribution is -0.152. The van der Waals surface area contributed by atoms with Crippen LogP contribution in [0.25, 0.3) is 10.8 Å². The van der Waals surface area contributed by atoms with E-state index in [2.05, 4.69) is 10.4 Å². The number of anilines is 1. The number of rotatable bonds is 5. The van der Waals surface area contributed by atoms with Gasteiger partial charge in [0.15, 0.2) is 6.10 Å². The molecule has 142 valence electrons. The lowest BCUT2D eigenvalue weighted by Gasteiger charge is -2.13. The minimum Gasteiger partial charge on any atom is -0.452 e. The number of hydrogen-bond donors (Lipinski definition) is 1. The van der Waals surface area contributed by atoms with E-state index in [0.29, 0.717) is 27.0 Å². The fourth-order valence-corrected chi connectivity index (χ4v) is 3.38. The maximum absolute atomic E-state index is 12.3. The van der Waals surface area contributed by atoms with Gasteiger partial charge in [0.05, 0.1) is 23.1 Å². The van der Waals surface area contributed by atoms with E-state index in [0.717, 1.165) is 0 Å². The number of aromatic nitrogens is 2. The second-order valence-corrected chi connectivity index (χ2v) is 6.91. The summed E-state index contributed by atoms with van der Waals surface area (Å²) in [5.74, 6) is -1.18. The van der Waals surface area contributed by atoms with Crippen LogP contribution >= 0.6 is 11.3 Å². The monoisotopic (exact) mass is 396 g/mol. The maximum atomic E-state index is 12.3. The largest absolute Gasteiger partial charge is 0.452 e. The van der Waals surface area contributed by atoms with Crippen molar-refractivity contribution in [3.8, 4) is 6.07 Å². The third-order valence-corrected chi connectivity index (χ3v) is 4.87. The third-order valence-electron chi connectivity index (χ3n) is 4.04. The summed E-state index contributed by atoms with van der Waals surface area (Å²) in [5.41, 5.74) is 0.475. The molecule has 3 aromatic rings. The summed E-state index contributed by atoms with van der Waals surface area (Å²) in [6.45, 7) is 1.44. The first-order chi connectivity index (χ1) is 13.4. The molecule has 0 aliphatic heterocycles. The Morgan fingerprint density at radius 3 is 2.75 bits per heavy atom. The molecule has 8 nitrogen and oxygen atoms in total. The molecular formula is C19H16N4O4S. The molecular weight excluding hydrogens is 380 g/mol. The smallest absolute Gasteiger partial charge is 0.312 e. The van der Waals surface area contributed by atoms with Crippen molar-refractivity contribution in [2.24, 2.45) is 7.05 Å². The van der Waals surface area contributed by atoms with Crippen molar-refractivity contribution >= 4 is 39.0 Å². The lowest BCUT2D eigenvalue weighted by Crippen LogP contribution is -2.31. The highest BCUT2D eigenvalue weighted by atomic mass is 32.1. The number of amides is 1. The van der Waals surface area contributed by atoms with Crippen LogP contribution in [0.5, 0.6) is 0 Å². The van der Waals surface area contributed by atoms with E-state index in [9.17, 15) is 14.4 Å². The van der Waals surface area contributed by atoms with Gasteiger partial charge < -0.3 is 10.1 Å². The standard InChI is InChI=1S/C19H16N4O4S/c1-11(17(25)21-18-12(10-20)7-8-28-18)27-16(24)9-15-13-5-3-4-6-14(13)19(26)23(2)22-15/h3-8,11H,9H2,1-2H3,(H,21,25)/t11-/m1/s1. The zero-order chi connectivity index (χ0) is 20.3. The summed E-state index contributed by atoms with van der Waals surface area (Å²) < 4.78 is 6.37. The van der Waals surface area contributed by atoms with Gasteiger partial charge in [0.2, 0.25) is 0 Å². The summed E-state index contributed by atoms with van der Waals surface area (Å²) in [7, 11) is 1.51. The van der Waals surface area contributed by atoms with Crippen LogP contribution in [0.3, 0.4) is 0 Å². The highest BCUT2D eigenvalue weighted by molar-refractivity contribution is 7.14. The summed E-state index contributed by atoms with van der Waals surface area (Å²) in [5, 5.41) is 18.8. The topological polar surface area (TPSA) is 114 Å². The number of hydrogen-bond acceptors (Lipinski definition) is 7. The van der Waals surface area contributed by atoms with Crippen molar-refractivity contribution in [3.05, 3.63) is 57.3 Å². The highest BCUT2D eigenvalue weighted by Crippen LogP contribution is 2.22. The van der Waals surface area contributed by atoms with E-state index in [1.165, 1.54) is 30.0 Å². The Balaban J connectivity index is 1.71. The van der Waals surface area contributed by atoms with Gasteiger partial charge in [0.1, 0.15) is 11.1 Å². The Kier molecular flexibility index (Phi) is 5.52. The van der Waals surface area contributed by atoms with Crippen molar-refractivity contribution in [2.45, 2.75) is 19.4 Å². The van der Waals surface area contributed by atoms with Crippen molar-refractivity contribution < 1.29 is 14.3 Å². The van der Waals surface area contributed by atoms with Crippen LogP contribution in [0.4, 0.5) is 5.00 Å². The number of aryl methyl sites for hydroxylation is 1. The molecule has 0 aliphatic carbocycles. The van der Waals surface area contributed by atoms with Crippen molar-refractivity contribution in [1.82, 2.24) is 9.78 Å². The van der Waals surface area contributed by atoms with E-state index < -0.39 is 18.0 Å². The van der Waals surface area contributed by atoms with E-state index >= 15 is 0 Å². The number of carbonyl (C=O) groups is 2. The van der Waals surface area contributed by atoms with Crippen molar-refractivity contribution in [2.75, 3.05) is 5.32 Å². The van der Waals surface area contributed by atoms with Gasteiger partial charge in [-0.2, -0.15) is 10.4 Å². The Hall–Kier alpha value is -3.51. The molecule has 0 fully saturated rings. The number of nitrogens with one attached hydrogen (secondary N) is 1. The van der Waals surface area contributed by atoms with Crippen LogP contribution in [0.15, 0.2) is 40.5 Å². The molecule has 0 unspecified atom stereocenters. The molecule has 1 atom stereocenters. The molecule has 0 radical (unpaired) electrons. The maximum Gasteiger partial charge on any atom is 0.312 e. The average molecular weight is 396 g/mol. The number of ether oxygens (including phenoxy) is 1. The van der Waals surface area contributed by atoms with Crippen LogP contribution < -0.4 is 10.9 Å². The third kappa shape index (κ3) is 3.92. The SMILES string of the molecule is C[C@@H](OC(=O)Cc1nn(C)c(=O)c2ccccc12)C(=O)Nc1sccc1C#N. The molecule has 28 heavy (non-hydrogen) atoms. The van der Waals surface area contributed by atoms with Gasteiger partial charge >= 0.3 is 5.97 Å². The molecule has 2 aromatic heterocycles. The Morgan fingerprint density at radius 2 is 2.04 bits per heavy atom. The lowest BCUT2D eigenvalue weighted by atomic mass is 10.1. The normalized spacial score (nSPS) is 11.6. The van der Waals surface area contributed by atoms with Gasteiger partial charge in [0.25, 0.3) is 11.5 Å². The van der Waals surface area contributed by atoms with E-state index in [-0.39, 0.29) is 12.0 Å². The molecule has 0 aliphatic rings. The second-order valence-electron chi connectivity index (χ2n) is 5.99. The highest BCUT2D eigenvalue weighted by Gasteiger charge is 2.21. The van der Waals surface area contributed by atoms with Crippen LogP contribution in [-0.2, 0) is 27.8 Å². The van der Waals surface area contributed by atoms with E-state index in [1.54, 1.807) is 35.7 Å². The number of thiophene rings is 1. The molecule has 0 saturated carbocycles. The van der Waals surface area contributed by atoms with Gasteiger partial charge in [-0.1, -0.05) is 18.2 Å². The van der Waals surface area contributed by atoms with E-state index in [1.807, 2.05) is 6.07 Å². The van der Waals surface area contributed by atoms with Crippen molar-refractivity contribution in [3.63, 3.8) is 0 Å². The Morgan fingerprint density at radius 1 is 1.32 bits per heavy atom. The predicted octanol–water partition coefficient (Wildman–Crippen LogP) is 1.98. The zero-order valence-electron chi connectivity index (χ0n) is 15.1. The molecule has 0 bridgehead atoms. The number of fused-ring (bicyclic) bond motifs is 1. The van der Waals surface area contributed by atoms with Crippen LogP contribution in [0, 0.1) is 11.3 Å². The Bertz CT molecular complexity index is 1160. The first-order valence-electron chi connectivity index (χ1n) is 8.33. The number of carbonyl (C=O) groups excluding carboxylic acids is 2. The van der Waals surface area contributed by atoms with Gasteiger partial charge in [-0.15, -0.1) is 11.3 Å². The molecule has 1 amide bonds. The van der Waals surface area contributed by atoms with Gasteiger partial charge in [-0.25, -0.2) is 4.68 Å². The average Bonchev–Trinajstić information content (AvgIpc) is 3.12. The molecule has 0 spiro atoms. The van der Waals surface area contributed by atoms with Gasteiger partial charge in [-0.3, -0.25) is 14.4 Å². The molecule has 0 saturated heterocycles. The molecule has 1 N–H and O–H groups in total. The van der Waals surface area contributed by atoms with Gasteiger partial charge in [0, 0.05) is 12.4 Å². The fourth-order valence-electron chi connectivity index (χ4n) is 2.64. The molecule has 3 rings (SSSR count). The quantitative estimate of drug-likeness (QED) is 0.660. The summed E-state index contributed by atoms with van der Waals surface area (Å²) in [6.07, 6.45) is -1.24. The second kappa shape index (κ2) is 8.02. The fraction of sp³-hybridized carbons (Fsp3) is 0.211. The van der Waals surface area contributed by atoms with Gasteiger partial charge in [-0.05, 0) is 24.4 Å². The number of nitriles is 1. The minimum atomic E-state index is -1.06. The molecule has 9 heteroatoms. The van der Waals surface area contributed by atoms with Crippen LogP contribution in [0.1, 0.15) is 18.2 Å². The molecule has 2 heterocycles. The Labute approximate surface area is 164 Å². The first-order valence-corrected chi connectivity index (χ1v) is 9.21. The number of nitrogens with zero attached hydrogens (tertiary/aromatic N) is 3. The number of benzene rings is 1. The predicted molar refractivity (Wildman–Crippen MR) is 104 cm³/mol. The minimum absolute atomic E-state index is 0.186. The number of esters is 1. The first kappa shape index (κ1) is 19.3. The van der Waals surface area contributed by atoms with Crippen LogP contribution in [0.2, 0.25) is 0 Å². The molecule has 1 aromatic carbocycles. The zero-order valence-corrected chi connectivity index (χ0v) is 15.9. The van der Waals surface area contributed by atoms with E-state index in [4.69, 9.17) is 10.00 Å². The summed E-state index contributed by atoms with van der Waals surface area (Å²) in [4.78, 5) is 36.7. The summed E-state index contributed by atoms with van der Waals surface area (Å²) in [6, 6.07) is 10.4. The summed E-state index contributed by atoms with van der Waals surface area (Å²) >= 11 is 1.21.